The molecule has 0 saturated carbocycles. The van der Waals surface area contributed by atoms with Gasteiger partial charge in [-0.3, -0.25) is 19.8 Å². The highest BCUT2D eigenvalue weighted by Gasteiger charge is 2.56. The van der Waals surface area contributed by atoms with Crippen LogP contribution in [-0.4, -0.2) is 57.1 Å². The van der Waals surface area contributed by atoms with Crippen molar-refractivity contribution in [3.63, 3.8) is 0 Å². The number of nitrogens with zero attached hydrogens (tertiary/aromatic N) is 2. The summed E-state index contributed by atoms with van der Waals surface area (Å²) < 4.78 is 10.6. The number of nitrogens with one attached hydrogen (secondary N) is 1. The maximum atomic E-state index is 13.8. The summed E-state index contributed by atoms with van der Waals surface area (Å²) in [4.78, 5) is 42.9. The number of hydrogen-bond donors (Lipinski definition) is 1. The van der Waals surface area contributed by atoms with Crippen LogP contribution in [0.4, 0.5) is 10.5 Å². The molecule has 1 N–H and O–H groups in total. The van der Waals surface area contributed by atoms with E-state index in [1.165, 1.54) is 4.90 Å². The van der Waals surface area contributed by atoms with E-state index in [4.69, 9.17) is 9.47 Å². The van der Waals surface area contributed by atoms with Crippen LogP contribution < -0.4 is 19.7 Å². The molecule has 2 aliphatic heterocycles. The second kappa shape index (κ2) is 8.61. The van der Waals surface area contributed by atoms with Gasteiger partial charge in [-0.2, -0.15) is 0 Å². The number of urea groups is 1. The zero-order valence-corrected chi connectivity index (χ0v) is 20.0. The van der Waals surface area contributed by atoms with Gasteiger partial charge in [0.05, 0.1) is 14.2 Å². The van der Waals surface area contributed by atoms with E-state index >= 15 is 0 Å². The molecule has 2 aliphatic rings. The highest BCUT2D eigenvalue weighted by Crippen LogP contribution is 2.42. The summed E-state index contributed by atoms with van der Waals surface area (Å²) >= 11 is 0. The first-order valence-corrected chi connectivity index (χ1v) is 11.5. The van der Waals surface area contributed by atoms with E-state index in [1.54, 1.807) is 20.3 Å². The van der Waals surface area contributed by atoms with Crippen molar-refractivity contribution >= 4 is 34.3 Å². The quantitative estimate of drug-likeness (QED) is 0.573. The molecule has 5 rings (SSSR count). The van der Waals surface area contributed by atoms with Crippen molar-refractivity contribution in [3.8, 4) is 11.5 Å². The van der Waals surface area contributed by atoms with Gasteiger partial charge in [-0.1, -0.05) is 36.4 Å². The van der Waals surface area contributed by atoms with E-state index in [0.29, 0.717) is 17.9 Å². The van der Waals surface area contributed by atoms with Gasteiger partial charge in [0, 0.05) is 32.2 Å². The number of ether oxygens (including phenoxy) is 2. The first-order chi connectivity index (χ1) is 16.9. The monoisotopic (exact) mass is 473 g/mol. The number of rotatable bonds is 5. The summed E-state index contributed by atoms with van der Waals surface area (Å²) in [5, 5.41) is 4.50. The Morgan fingerprint density at radius 3 is 2.51 bits per heavy atom. The SMILES string of the molecule is COc1ccc(CCN2C(=O)NC(=O)[C@@]3(Cc4c(ccc5ccccc45)N(C)C3)C2=O)cc1OC. The Morgan fingerprint density at radius 1 is 0.971 bits per heavy atom. The van der Waals surface area contributed by atoms with Gasteiger partial charge in [0.1, 0.15) is 5.41 Å². The lowest BCUT2D eigenvalue weighted by atomic mass is 9.73. The number of methoxy groups -OCH3 is 2. The van der Waals surface area contributed by atoms with Crippen molar-refractivity contribution in [3.05, 3.63) is 65.7 Å². The van der Waals surface area contributed by atoms with Crippen LogP contribution in [0.1, 0.15) is 11.1 Å². The minimum absolute atomic E-state index is 0.140. The molecule has 4 amide bonds. The summed E-state index contributed by atoms with van der Waals surface area (Å²) in [6, 6.07) is 16.8. The van der Waals surface area contributed by atoms with Gasteiger partial charge in [0.25, 0.3) is 0 Å². The normalized spacial score (nSPS) is 19.7. The van der Waals surface area contributed by atoms with Crippen molar-refractivity contribution in [2.75, 3.05) is 39.3 Å². The summed E-state index contributed by atoms with van der Waals surface area (Å²) in [7, 11) is 4.99. The molecule has 1 spiro atoms. The number of hydrogen-bond acceptors (Lipinski definition) is 6. The Balaban J connectivity index is 1.46. The Morgan fingerprint density at radius 2 is 1.74 bits per heavy atom. The predicted molar refractivity (Wildman–Crippen MR) is 132 cm³/mol. The molecule has 35 heavy (non-hydrogen) atoms. The highest BCUT2D eigenvalue weighted by atomic mass is 16.5. The number of anilines is 1. The van der Waals surface area contributed by atoms with Crippen LogP contribution in [0.5, 0.6) is 11.5 Å². The molecule has 2 heterocycles. The maximum absolute atomic E-state index is 13.8. The van der Waals surface area contributed by atoms with E-state index in [1.807, 2.05) is 60.5 Å². The molecule has 0 aromatic heterocycles. The lowest BCUT2D eigenvalue weighted by molar-refractivity contribution is -0.151. The molecule has 0 aliphatic carbocycles. The molecule has 3 aromatic rings. The van der Waals surface area contributed by atoms with Gasteiger partial charge in [-0.15, -0.1) is 0 Å². The predicted octanol–water partition coefficient (Wildman–Crippen LogP) is 3.16. The Labute approximate surface area is 203 Å². The number of benzene rings is 3. The second-order valence-corrected chi connectivity index (χ2v) is 9.05. The van der Waals surface area contributed by atoms with Crippen LogP contribution in [0.15, 0.2) is 54.6 Å². The summed E-state index contributed by atoms with van der Waals surface area (Å²) in [6.07, 6.45) is 0.651. The molecule has 0 radical (unpaired) electrons. The van der Waals surface area contributed by atoms with Crippen molar-refractivity contribution in [1.82, 2.24) is 10.2 Å². The standard InChI is InChI=1S/C27H27N3O5/c1-29-16-27(15-20-19-7-5-4-6-18(19)9-10-21(20)29)24(31)28-26(33)30(25(27)32)13-12-17-8-11-22(34-2)23(14-17)35-3/h4-11,14H,12-13,15-16H2,1-3H3,(H,28,31,33)/t27-/m0/s1. The van der Waals surface area contributed by atoms with Gasteiger partial charge < -0.3 is 14.4 Å². The number of carbonyl (C=O) groups excluding carboxylic acids is 3. The van der Waals surface area contributed by atoms with Crippen LogP contribution in [0.3, 0.4) is 0 Å². The van der Waals surface area contributed by atoms with E-state index in [-0.39, 0.29) is 19.5 Å². The van der Waals surface area contributed by atoms with Crippen molar-refractivity contribution in [2.24, 2.45) is 5.41 Å². The largest absolute Gasteiger partial charge is 0.493 e. The minimum atomic E-state index is -1.38. The van der Waals surface area contributed by atoms with Crippen LogP contribution in [0.2, 0.25) is 0 Å². The van der Waals surface area contributed by atoms with Crippen molar-refractivity contribution in [1.29, 1.82) is 0 Å². The molecule has 1 saturated heterocycles. The smallest absolute Gasteiger partial charge is 0.330 e. The third kappa shape index (κ3) is 3.65. The van der Waals surface area contributed by atoms with Gasteiger partial charge >= 0.3 is 6.03 Å². The number of amides is 4. The molecular formula is C27H27N3O5. The molecule has 0 unspecified atom stereocenters. The van der Waals surface area contributed by atoms with E-state index < -0.39 is 23.3 Å². The number of fused-ring (bicyclic) bond motifs is 3. The first kappa shape index (κ1) is 22.7. The fraction of sp³-hybridized carbons (Fsp3) is 0.296. The van der Waals surface area contributed by atoms with E-state index in [9.17, 15) is 14.4 Å². The van der Waals surface area contributed by atoms with Crippen LogP contribution in [0.25, 0.3) is 10.8 Å². The zero-order valence-electron chi connectivity index (χ0n) is 20.0. The van der Waals surface area contributed by atoms with Crippen molar-refractivity contribution in [2.45, 2.75) is 12.8 Å². The fourth-order valence-corrected chi connectivity index (χ4v) is 5.22. The number of imide groups is 2. The third-order valence-corrected chi connectivity index (χ3v) is 7.04. The molecule has 1 fully saturated rings. The van der Waals surface area contributed by atoms with Gasteiger partial charge in [-0.25, -0.2) is 4.79 Å². The van der Waals surface area contributed by atoms with Gasteiger partial charge in [0.15, 0.2) is 11.5 Å². The molecule has 3 aromatic carbocycles. The van der Waals surface area contributed by atoms with Crippen LogP contribution in [0, 0.1) is 5.41 Å². The Bertz CT molecular complexity index is 1350. The van der Waals surface area contributed by atoms with Gasteiger partial charge in [-0.05, 0) is 46.5 Å². The number of carbonyl (C=O) groups is 3. The van der Waals surface area contributed by atoms with Crippen LogP contribution >= 0.6 is 0 Å². The highest BCUT2D eigenvalue weighted by molar-refractivity contribution is 6.20. The lowest BCUT2D eigenvalue weighted by Crippen LogP contribution is -2.68. The lowest BCUT2D eigenvalue weighted by Gasteiger charge is -2.45. The maximum Gasteiger partial charge on any atom is 0.330 e. The topological polar surface area (TPSA) is 88.2 Å². The average molecular weight is 474 g/mol. The number of barbiturate groups is 1. The first-order valence-electron chi connectivity index (χ1n) is 11.5. The van der Waals surface area contributed by atoms with E-state index in [0.717, 1.165) is 27.6 Å². The molecule has 180 valence electrons. The Kier molecular flexibility index (Phi) is 5.59. The summed E-state index contributed by atoms with van der Waals surface area (Å²) in [6.45, 7) is 0.338. The molecule has 1 atom stereocenters. The summed E-state index contributed by atoms with van der Waals surface area (Å²) in [5.74, 6) is 0.171. The second-order valence-electron chi connectivity index (χ2n) is 9.05. The average Bonchev–Trinajstić information content (AvgIpc) is 2.87. The molecule has 8 heteroatoms. The minimum Gasteiger partial charge on any atom is -0.493 e. The molecule has 0 bridgehead atoms. The van der Waals surface area contributed by atoms with Gasteiger partial charge in [0.2, 0.25) is 11.8 Å². The fourth-order valence-electron chi connectivity index (χ4n) is 5.22. The molecular weight excluding hydrogens is 446 g/mol. The van der Waals surface area contributed by atoms with Crippen molar-refractivity contribution < 1.29 is 23.9 Å². The van der Waals surface area contributed by atoms with E-state index in [2.05, 4.69) is 5.32 Å². The Hall–Kier alpha value is -4.07. The molecule has 8 nitrogen and oxygen atoms in total. The summed E-state index contributed by atoms with van der Waals surface area (Å²) in [5.41, 5.74) is 1.43. The third-order valence-electron chi connectivity index (χ3n) is 7.04. The van der Waals surface area contributed by atoms with Crippen LogP contribution in [-0.2, 0) is 22.4 Å². The zero-order chi connectivity index (χ0) is 24.7.